The number of nitrogens with zero attached hydrogens (tertiary/aromatic N) is 3. The molecule has 1 heterocycles. The van der Waals surface area contributed by atoms with E-state index in [2.05, 4.69) is 24.0 Å². The normalized spacial score (nSPS) is 12.9. The summed E-state index contributed by atoms with van der Waals surface area (Å²) in [5.74, 6) is 0.841. The fourth-order valence-corrected chi connectivity index (χ4v) is 1.86. The van der Waals surface area contributed by atoms with E-state index in [0.717, 1.165) is 11.4 Å². The first-order valence-electron chi connectivity index (χ1n) is 5.71. The van der Waals surface area contributed by atoms with Gasteiger partial charge in [-0.05, 0) is 19.4 Å². The molecular weight excluding hydrogens is 214 g/mol. The van der Waals surface area contributed by atoms with Crippen molar-refractivity contribution < 1.29 is 4.74 Å². The van der Waals surface area contributed by atoms with Crippen molar-refractivity contribution in [2.75, 3.05) is 7.11 Å². The Hall–Kier alpha value is -1.68. The minimum atomic E-state index is -0.166. The van der Waals surface area contributed by atoms with E-state index in [1.807, 2.05) is 34.9 Å². The van der Waals surface area contributed by atoms with Crippen molar-refractivity contribution in [3.8, 4) is 0 Å². The summed E-state index contributed by atoms with van der Waals surface area (Å²) in [6.45, 7) is 4.20. The fraction of sp³-hybridized carbons (Fsp3) is 0.385. The van der Waals surface area contributed by atoms with Gasteiger partial charge in [0.2, 0.25) is 0 Å². The van der Waals surface area contributed by atoms with Gasteiger partial charge in [0, 0.05) is 13.2 Å². The van der Waals surface area contributed by atoms with E-state index in [4.69, 9.17) is 4.74 Å². The molecule has 0 N–H and O–H groups in total. The maximum absolute atomic E-state index is 5.55. The molecule has 0 spiro atoms. The smallest absolute Gasteiger partial charge is 0.166 e. The highest BCUT2D eigenvalue weighted by Gasteiger charge is 2.20. The third kappa shape index (κ3) is 2.36. The van der Waals surface area contributed by atoms with Crippen molar-refractivity contribution in [3.63, 3.8) is 0 Å². The Kier molecular flexibility index (Phi) is 3.54. The molecular formula is C13H17N3O. The zero-order valence-corrected chi connectivity index (χ0v) is 10.4. The predicted octanol–water partition coefficient (Wildman–Crippen LogP) is 2.59. The lowest BCUT2D eigenvalue weighted by Gasteiger charge is -2.18. The molecule has 1 unspecified atom stereocenters. The van der Waals surface area contributed by atoms with Crippen LogP contribution in [0.5, 0.6) is 0 Å². The molecule has 0 aliphatic carbocycles. The van der Waals surface area contributed by atoms with Gasteiger partial charge >= 0.3 is 0 Å². The zero-order valence-electron chi connectivity index (χ0n) is 10.4. The lowest BCUT2D eigenvalue weighted by Crippen LogP contribution is -2.13. The van der Waals surface area contributed by atoms with Crippen LogP contribution < -0.4 is 0 Å². The van der Waals surface area contributed by atoms with Gasteiger partial charge in [0.15, 0.2) is 5.82 Å². The van der Waals surface area contributed by atoms with E-state index < -0.39 is 0 Å². The van der Waals surface area contributed by atoms with Crippen molar-refractivity contribution in [3.05, 3.63) is 48.0 Å². The molecule has 4 nitrogen and oxygen atoms in total. The number of hydrogen-bond acceptors (Lipinski definition) is 3. The molecule has 1 aromatic carbocycles. The van der Waals surface area contributed by atoms with E-state index in [9.17, 15) is 0 Å². The monoisotopic (exact) mass is 231 g/mol. The summed E-state index contributed by atoms with van der Waals surface area (Å²) in [7, 11) is 1.69. The van der Waals surface area contributed by atoms with Gasteiger partial charge in [-0.2, -0.15) is 0 Å². The summed E-state index contributed by atoms with van der Waals surface area (Å²) in [6.07, 6.45) is 1.58. The molecule has 1 aromatic heterocycles. The topological polar surface area (TPSA) is 39.9 Å². The van der Waals surface area contributed by atoms with E-state index in [0.29, 0.717) is 6.04 Å². The maximum atomic E-state index is 5.55. The molecule has 0 saturated heterocycles. The Balaban J connectivity index is 2.39. The van der Waals surface area contributed by atoms with Crippen LogP contribution in [0.15, 0.2) is 36.7 Å². The molecule has 17 heavy (non-hydrogen) atoms. The SMILES string of the molecule is COC(c1ccccc1)c1nncn1C(C)C. The van der Waals surface area contributed by atoms with Crippen LogP contribution in [0, 0.1) is 0 Å². The zero-order chi connectivity index (χ0) is 12.3. The van der Waals surface area contributed by atoms with Gasteiger partial charge in [0.1, 0.15) is 12.4 Å². The summed E-state index contributed by atoms with van der Waals surface area (Å²) in [4.78, 5) is 0. The van der Waals surface area contributed by atoms with Crippen molar-refractivity contribution in [2.45, 2.75) is 26.0 Å². The van der Waals surface area contributed by atoms with Gasteiger partial charge in [-0.3, -0.25) is 0 Å². The Labute approximate surface area is 101 Å². The lowest BCUT2D eigenvalue weighted by molar-refractivity contribution is 0.124. The van der Waals surface area contributed by atoms with Crippen LogP contribution in [0.2, 0.25) is 0 Å². The molecule has 2 rings (SSSR count). The van der Waals surface area contributed by atoms with Crippen molar-refractivity contribution in [1.29, 1.82) is 0 Å². The first-order chi connectivity index (χ1) is 8.24. The van der Waals surface area contributed by atoms with Crippen LogP contribution in [0.25, 0.3) is 0 Å². The van der Waals surface area contributed by atoms with Crippen LogP contribution in [-0.2, 0) is 4.74 Å². The molecule has 90 valence electrons. The van der Waals surface area contributed by atoms with Crippen molar-refractivity contribution >= 4 is 0 Å². The van der Waals surface area contributed by atoms with Crippen LogP contribution in [0.1, 0.15) is 37.4 Å². The third-order valence-electron chi connectivity index (χ3n) is 2.73. The summed E-state index contributed by atoms with van der Waals surface area (Å²) >= 11 is 0. The number of aromatic nitrogens is 3. The van der Waals surface area contributed by atoms with Crippen LogP contribution >= 0.6 is 0 Å². The van der Waals surface area contributed by atoms with Gasteiger partial charge < -0.3 is 9.30 Å². The third-order valence-corrected chi connectivity index (χ3v) is 2.73. The molecule has 0 fully saturated rings. The van der Waals surface area contributed by atoms with Gasteiger partial charge in [0.05, 0.1) is 0 Å². The summed E-state index contributed by atoms with van der Waals surface area (Å²) in [6, 6.07) is 10.4. The maximum Gasteiger partial charge on any atom is 0.166 e. The molecule has 0 aliphatic rings. The Morgan fingerprint density at radius 2 is 1.88 bits per heavy atom. The quantitative estimate of drug-likeness (QED) is 0.812. The minimum absolute atomic E-state index is 0.166. The van der Waals surface area contributed by atoms with E-state index in [1.165, 1.54) is 0 Å². The average molecular weight is 231 g/mol. The fourth-order valence-electron chi connectivity index (χ4n) is 1.86. The van der Waals surface area contributed by atoms with Crippen LogP contribution in [-0.4, -0.2) is 21.9 Å². The van der Waals surface area contributed by atoms with E-state index in [-0.39, 0.29) is 6.10 Å². The van der Waals surface area contributed by atoms with Crippen molar-refractivity contribution in [1.82, 2.24) is 14.8 Å². The first-order valence-corrected chi connectivity index (χ1v) is 5.71. The number of benzene rings is 1. The first kappa shape index (κ1) is 11.8. The Morgan fingerprint density at radius 1 is 1.18 bits per heavy atom. The van der Waals surface area contributed by atoms with Crippen LogP contribution in [0.4, 0.5) is 0 Å². The molecule has 0 bridgehead atoms. The highest BCUT2D eigenvalue weighted by molar-refractivity contribution is 5.23. The lowest BCUT2D eigenvalue weighted by atomic mass is 10.1. The molecule has 0 saturated carbocycles. The second kappa shape index (κ2) is 5.10. The highest BCUT2D eigenvalue weighted by atomic mass is 16.5. The molecule has 0 radical (unpaired) electrons. The van der Waals surface area contributed by atoms with Crippen LogP contribution in [0.3, 0.4) is 0 Å². The molecule has 1 atom stereocenters. The number of methoxy groups -OCH3 is 1. The summed E-state index contributed by atoms with van der Waals surface area (Å²) in [5.41, 5.74) is 1.09. The molecule has 0 aliphatic heterocycles. The van der Waals surface area contributed by atoms with Crippen molar-refractivity contribution in [2.24, 2.45) is 0 Å². The standard InChI is InChI=1S/C13H17N3O/c1-10(2)16-9-14-15-13(16)12(17-3)11-7-5-4-6-8-11/h4-10,12H,1-3H3. The molecule has 0 amide bonds. The molecule has 4 heteroatoms. The highest BCUT2D eigenvalue weighted by Crippen LogP contribution is 2.24. The van der Waals surface area contributed by atoms with E-state index in [1.54, 1.807) is 13.4 Å². The summed E-state index contributed by atoms with van der Waals surface area (Å²) in [5, 5.41) is 8.14. The average Bonchev–Trinajstić information content (AvgIpc) is 2.81. The molecule has 2 aromatic rings. The van der Waals surface area contributed by atoms with Gasteiger partial charge in [-0.15, -0.1) is 10.2 Å². The second-order valence-corrected chi connectivity index (χ2v) is 4.22. The number of rotatable bonds is 4. The van der Waals surface area contributed by atoms with Gasteiger partial charge in [-0.1, -0.05) is 30.3 Å². The number of ether oxygens (including phenoxy) is 1. The largest absolute Gasteiger partial charge is 0.369 e. The number of hydrogen-bond donors (Lipinski definition) is 0. The minimum Gasteiger partial charge on any atom is -0.369 e. The Morgan fingerprint density at radius 3 is 2.47 bits per heavy atom. The van der Waals surface area contributed by atoms with Gasteiger partial charge in [0.25, 0.3) is 0 Å². The summed E-state index contributed by atoms with van der Waals surface area (Å²) < 4.78 is 7.58. The Bertz CT molecular complexity index is 465. The van der Waals surface area contributed by atoms with Gasteiger partial charge in [-0.25, -0.2) is 0 Å². The second-order valence-electron chi connectivity index (χ2n) is 4.22. The van der Waals surface area contributed by atoms with E-state index >= 15 is 0 Å². The predicted molar refractivity (Wildman–Crippen MR) is 65.7 cm³/mol.